The summed E-state index contributed by atoms with van der Waals surface area (Å²) >= 11 is 6.07. The molecule has 0 bridgehead atoms. The highest BCUT2D eigenvalue weighted by molar-refractivity contribution is 6.30. The predicted molar refractivity (Wildman–Crippen MR) is 139 cm³/mol. The van der Waals surface area contributed by atoms with Crippen LogP contribution in [-0.2, 0) is 16.0 Å². The molecule has 3 N–H and O–H groups in total. The maximum Gasteiger partial charge on any atom is 0.253 e. The van der Waals surface area contributed by atoms with Gasteiger partial charge >= 0.3 is 0 Å². The lowest BCUT2D eigenvalue weighted by atomic mass is 9.97. The monoisotopic (exact) mass is 488 g/mol. The van der Waals surface area contributed by atoms with E-state index in [1.165, 1.54) is 6.08 Å². The van der Waals surface area contributed by atoms with Crippen molar-refractivity contribution in [2.75, 3.05) is 17.2 Å². The number of amides is 2. The molecule has 1 unspecified atom stereocenters. The van der Waals surface area contributed by atoms with E-state index < -0.39 is 12.0 Å². The van der Waals surface area contributed by atoms with Gasteiger partial charge in [0.25, 0.3) is 5.91 Å². The number of fused-ring (bicyclic) bond motifs is 1. The summed E-state index contributed by atoms with van der Waals surface area (Å²) in [6, 6.07) is 20.5. The summed E-state index contributed by atoms with van der Waals surface area (Å²) in [6.07, 6.45) is 3.97. The molecule has 3 aromatic carbocycles. The molecule has 0 spiro atoms. The molecule has 0 saturated heterocycles. The molecule has 6 nitrogen and oxygen atoms in total. The summed E-state index contributed by atoms with van der Waals surface area (Å²) in [7, 11) is 0. The van der Waals surface area contributed by atoms with Crippen molar-refractivity contribution in [1.82, 2.24) is 0 Å². The number of nitrogens with one attached hydrogen (secondary N) is 2. The highest BCUT2D eigenvalue weighted by Gasteiger charge is 2.26. The Kier molecular flexibility index (Phi) is 7.65. The number of aliphatic hydroxyl groups is 1. The Morgan fingerprint density at radius 2 is 1.80 bits per heavy atom. The number of carbonyl (C=O) groups excluding carboxylic acids is 2. The van der Waals surface area contributed by atoms with Crippen molar-refractivity contribution in [2.45, 2.75) is 19.4 Å². The molecule has 4 rings (SSSR count). The number of aliphatic hydroxyl groups excluding tert-OH is 1. The van der Waals surface area contributed by atoms with Crippen molar-refractivity contribution in [2.24, 2.45) is 0 Å². The highest BCUT2D eigenvalue weighted by atomic mass is 35.5. The lowest BCUT2D eigenvalue weighted by Crippen LogP contribution is -2.34. The van der Waals surface area contributed by atoms with E-state index in [1.807, 2.05) is 61.5 Å². The number of ether oxygens (including phenoxy) is 1. The van der Waals surface area contributed by atoms with Crippen molar-refractivity contribution >= 4 is 40.4 Å². The van der Waals surface area contributed by atoms with Gasteiger partial charge in [0.05, 0.1) is 6.61 Å². The lowest BCUT2D eigenvalue weighted by molar-refractivity contribution is -0.124. The van der Waals surface area contributed by atoms with Crippen LogP contribution in [-0.4, -0.2) is 29.6 Å². The molecule has 0 aromatic heterocycles. The van der Waals surface area contributed by atoms with Gasteiger partial charge in [0.1, 0.15) is 11.9 Å². The number of allylic oxidation sites excluding steroid dienone is 2. The Balaban J connectivity index is 1.56. The van der Waals surface area contributed by atoms with Gasteiger partial charge < -0.3 is 20.5 Å². The summed E-state index contributed by atoms with van der Waals surface area (Å²) < 4.78 is 5.54. The van der Waals surface area contributed by atoms with Gasteiger partial charge in [-0.2, -0.15) is 0 Å². The minimum atomic E-state index is -1.14. The van der Waals surface area contributed by atoms with Crippen molar-refractivity contribution in [1.29, 1.82) is 0 Å². The van der Waals surface area contributed by atoms with Crippen LogP contribution in [0.4, 0.5) is 11.4 Å². The second kappa shape index (κ2) is 11.0. The van der Waals surface area contributed by atoms with Crippen LogP contribution in [0, 0.1) is 0 Å². The zero-order valence-corrected chi connectivity index (χ0v) is 19.9. The Labute approximate surface area is 208 Å². The molecular formula is C28H25ClN2O4. The predicted octanol–water partition coefficient (Wildman–Crippen LogP) is 5.22. The van der Waals surface area contributed by atoms with Gasteiger partial charge in [-0.1, -0.05) is 54.1 Å². The minimum absolute atomic E-state index is 0.139. The number of anilines is 2. The van der Waals surface area contributed by atoms with Crippen molar-refractivity contribution in [3.05, 3.63) is 107 Å². The van der Waals surface area contributed by atoms with E-state index in [0.717, 1.165) is 22.4 Å². The molecule has 3 aromatic rings. The molecule has 35 heavy (non-hydrogen) atoms. The molecule has 1 heterocycles. The van der Waals surface area contributed by atoms with E-state index in [1.54, 1.807) is 24.3 Å². The van der Waals surface area contributed by atoms with Gasteiger partial charge in [0.15, 0.2) is 0 Å². The minimum Gasteiger partial charge on any atom is -0.494 e. The largest absolute Gasteiger partial charge is 0.494 e. The van der Waals surface area contributed by atoms with E-state index in [9.17, 15) is 14.7 Å². The summed E-state index contributed by atoms with van der Waals surface area (Å²) in [5.74, 6) is 0.00680. The van der Waals surface area contributed by atoms with E-state index in [2.05, 4.69) is 10.6 Å². The number of rotatable bonds is 7. The van der Waals surface area contributed by atoms with Crippen LogP contribution >= 0.6 is 11.6 Å². The molecule has 0 radical (unpaired) electrons. The second-order valence-corrected chi connectivity index (χ2v) is 8.37. The molecule has 1 aliphatic heterocycles. The quantitative estimate of drug-likeness (QED) is 0.314. The third kappa shape index (κ3) is 5.98. The zero-order chi connectivity index (χ0) is 24.8. The maximum atomic E-state index is 12.6. The third-order valence-corrected chi connectivity index (χ3v) is 5.79. The van der Waals surface area contributed by atoms with Crippen LogP contribution in [0.25, 0.3) is 5.57 Å². The molecular weight excluding hydrogens is 464 g/mol. The van der Waals surface area contributed by atoms with Gasteiger partial charge in [-0.25, -0.2) is 0 Å². The van der Waals surface area contributed by atoms with E-state index in [0.29, 0.717) is 28.6 Å². The van der Waals surface area contributed by atoms with Crippen LogP contribution in [0.2, 0.25) is 5.02 Å². The van der Waals surface area contributed by atoms with Crippen LogP contribution in [0.1, 0.15) is 23.6 Å². The topological polar surface area (TPSA) is 87.7 Å². The lowest BCUT2D eigenvalue weighted by Gasteiger charge is -2.23. The Bertz CT molecular complexity index is 1280. The third-order valence-electron chi connectivity index (χ3n) is 5.53. The fourth-order valence-corrected chi connectivity index (χ4v) is 3.96. The average Bonchev–Trinajstić information content (AvgIpc) is 2.85. The Hall–Kier alpha value is -3.87. The first-order valence-electron chi connectivity index (χ1n) is 11.2. The van der Waals surface area contributed by atoms with E-state index in [-0.39, 0.29) is 12.3 Å². The smallest absolute Gasteiger partial charge is 0.253 e. The van der Waals surface area contributed by atoms with Gasteiger partial charge in [0, 0.05) is 34.5 Å². The van der Waals surface area contributed by atoms with Crippen LogP contribution in [0.15, 0.2) is 85.0 Å². The molecule has 178 valence electrons. The van der Waals surface area contributed by atoms with E-state index >= 15 is 0 Å². The summed E-state index contributed by atoms with van der Waals surface area (Å²) in [6.45, 7) is 2.53. The molecule has 2 amide bonds. The number of benzene rings is 3. The van der Waals surface area contributed by atoms with E-state index in [4.69, 9.17) is 16.3 Å². The van der Waals surface area contributed by atoms with Gasteiger partial charge in [-0.15, -0.1) is 0 Å². The average molecular weight is 489 g/mol. The fraction of sp³-hybridized carbons (Fsp3) is 0.143. The molecule has 0 aliphatic carbocycles. The summed E-state index contributed by atoms with van der Waals surface area (Å²) in [4.78, 5) is 24.4. The first-order valence-corrected chi connectivity index (χ1v) is 11.6. The van der Waals surface area contributed by atoms with Crippen molar-refractivity contribution < 1.29 is 19.4 Å². The highest BCUT2D eigenvalue weighted by Crippen LogP contribution is 2.30. The molecule has 0 fully saturated rings. The van der Waals surface area contributed by atoms with Crippen LogP contribution < -0.4 is 15.4 Å². The van der Waals surface area contributed by atoms with Crippen LogP contribution in [0.5, 0.6) is 5.75 Å². The first-order chi connectivity index (χ1) is 16.9. The van der Waals surface area contributed by atoms with Crippen molar-refractivity contribution in [3.63, 3.8) is 0 Å². The van der Waals surface area contributed by atoms with Crippen molar-refractivity contribution in [3.8, 4) is 5.75 Å². The van der Waals surface area contributed by atoms with Gasteiger partial charge in [0.2, 0.25) is 5.91 Å². The SMILES string of the molecule is CCOc1ccc(/C(=C\C=C\C(=O)Nc2cccc3c2CC(O)C(=O)N3)c2ccc(Cl)cc2)cc1. The number of carbonyl (C=O) groups is 2. The second-order valence-electron chi connectivity index (χ2n) is 7.93. The number of halogens is 1. The molecule has 1 atom stereocenters. The van der Waals surface area contributed by atoms with Gasteiger partial charge in [-0.3, -0.25) is 9.59 Å². The van der Waals surface area contributed by atoms with Crippen LogP contribution in [0.3, 0.4) is 0 Å². The number of hydrogen-bond donors (Lipinski definition) is 3. The molecule has 7 heteroatoms. The zero-order valence-electron chi connectivity index (χ0n) is 19.1. The standard InChI is InChI=1S/C28H25ClN2O4/c1-2-35-21-15-11-19(12-16-21)22(18-9-13-20(29)14-10-18)5-3-8-27(33)30-24-6-4-7-25-23(24)17-26(32)28(34)31-25/h3-16,26,32H,2,17H2,1H3,(H,30,33)(H,31,34)/b8-3+,22-5-. The number of hydrogen-bond acceptors (Lipinski definition) is 4. The molecule has 1 aliphatic rings. The normalized spacial score (nSPS) is 15.5. The summed E-state index contributed by atoms with van der Waals surface area (Å²) in [5, 5.41) is 16.0. The summed E-state index contributed by atoms with van der Waals surface area (Å²) in [5.41, 5.74) is 4.64. The first kappa shape index (κ1) is 24.3. The maximum absolute atomic E-state index is 12.6. The Morgan fingerprint density at radius 3 is 2.49 bits per heavy atom. The Morgan fingerprint density at radius 1 is 1.11 bits per heavy atom. The fourth-order valence-electron chi connectivity index (χ4n) is 3.84. The molecule has 0 saturated carbocycles. The van der Waals surface area contributed by atoms with Gasteiger partial charge in [-0.05, 0) is 60.0 Å².